The van der Waals surface area contributed by atoms with Gasteiger partial charge in [-0.25, -0.2) is 4.39 Å². The summed E-state index contributed by atoms with van der Waals surface area (Å²) in [6.45, 7) is 1.41. The third kappa shape index (κ3) is 4.36. The maximum Gasteiger partial charge on any atom is 0.394 e. The maximum absolute atomic E-state index is 14.7. The van der Waals surface area contributed by atoms with Crippen molar-refractivity contribution in [1.82, 2.24) is 4.98 Å². The van der Waals surface area contributed by atoms with Crippen LogP contribution in [0.4, 0.5) is 23.2 Å². The van der Waals surface area contributed by atoms with Gasteiger partial charge in [0.15, 0.2) is 0 Å². The van der Waals surface area contributed by atoms with E-state index in [1.165, 1.54) is 38.3 Å². The van der Waals surface area contributed by atoms with Gasteiger partial charge in [-0.1, -0.05) is 19.1 Å². The summed E-state index contributed by atoms with van der Waals surface area (Å²) in [5, 5.41) is 3.40. The third-order valence-electron chi connectivity index (χ3n) is 4.88. The molecule has 2 aromatic carbocycles. The summed E-state index contributed by atoms with van der Waals surface area (Å²) in [6, 6.07) is 10.1. The van der Waals surface area contributed by atoms with Gasteiger partial charge in [-0.15, -0.1) is 0 Å². The Morgan fingerprint density at radius 3 is 2.52 bits per heavy atom. The van der Waals surface area contributed by atoms with E-state index >= 15 is 0 Å². The number of alkyl halides is 3. The molecule has 0 aliphatic carbocycles. The second-order valence-electron chi connectivity index (χ2n) is 6.66. The van der Waals surface area contributed by atoms with E-state index in [4.69, 9.17) is 4.74 Å². The van der Waals surface area contributed by atoms with Gasteiger partial charge in [-0.3, -0.25) is 4.79 Å². The summed E-state index contributed by atoms with van der Waals surface area (Å²) >= 11 is 0. The Morgan fingerprint density at radius 1 is 1.14 bits per heavy atom. The highest BCUT2D eigenvalue weighted by molar-refractivity contribution is 5.91. The first-order valence-corrected chi connectivity index (χ1v) is 9.03. The summed E-state index contributed by atoms with van der Waals surface area (Å²) in [6.07, 6.45) is -4.79. The fraction of sp³-hybridized carbons (Fsp3) is 0.286. The Labute approximate surface area is 164 Å². The molecule has 0 radical (unpaired) electrons. The summed E-state index contributed by atoms with van der Waals surface area (Å²) in [4.78, 5) is 14.2. The van der Waals surface area contributed by atoms with E-state index in [9.17, 15) is 22.4 Å². The number of aromatic amines is 1. The van der Waals surface area contributed by atoms with Gasteiger partial charge in [-0.2, -0.15) is 13.2 Å². The molecule has 0 spiro atoms. The van der Waals surface area contributed by atoms with Gasteiger partial charge in [0.2, 0.25) is 5.56 Å². The SMILES string of the molecule is CCC(C(Nc1cccc2[nH]c(=O)ccc12)c1ccc(OC)cc1F)C(F)(F)F. The van der Waals surface area contributed by atoms with Crippen LogP contribution in [0.3, 0.4) is 0 Å². The van der Waals surface area contributed by atoms with Crippen molar-refractivity contribution in [3.8, 4) is 5.75 Å². The lowest BCUT2D eigenvalue weighted by Gasteiger charge is -2.31. The second-order valence-corrected chi connectivity index (χ2v) is 6.66. The number of hydrogen-bond acceptors (Lipinski definition) is 3. The molecule has 1 aromatic heterocycles. The third-order valence-corrected chi connectivity index (χ3v) is 4.88. The minimum absolute atomic E-state index is 0.114. The molecule has 0 aliphatic rings. The van der Waals surface area contributed by atoms with Crippen molar-refractivity contribution in [2.75, 3.05) is 12.4 Å². The Bertz CT molecular complexity index is 1060. The number of pyridine rings is 1. The first-order valence-electron chi connectivity index (χ1n) is 9.03. The minimum Gasteiger partial charge on any atom is -0.497 e. The van der Waals surface area contributed by atoms with Gasteiger partial charge in [0.25, 0.3) is 0 Å². The number of aromatic nitrogens is 1. The topological polar surface area (TPSA) is 54.1 Å². The molecule has 0 bridgehead atoms. The molecule has 3 rings (SSSR count). The van der Waals surface area contributed by atoms with Crippen LogP contribution in [-0.2, 0) is 0 Å². The van der Waals surface area contributed by atoms with Crippen molar-refractivity contribution in [1.29, 1.82) is 0 Å². The van der Waals surface area contributed by atoms with E-state index in [-0.39, 0.29) is 23.3 Å². The fourth-order valence-electron chi connectivity index (χ4n) is 3.42. The Balaban J connectivity index is 2.13. The van der Waals surface area contributed by atoms with Crippen molar-refractivity contribution in [2.45, 2.75) is 25.6 Å². The number of fused-ring (bicyclic) bond motifs is 1. The Kier molecular flexibility index (Phi) is 5.81. The van der Waals surface area contributed by atoms with E-state index in [1.807, 2.05) is 0 Å². The first kappa shape index (κ1) is 20.7. The number of hydrogen-bond donors (Lipinski definition) is 2. The van der Waals surface area contributed by atoms with Crippen LogP contribution in [0.5, 0.6) is 5.75 Å². The molecule has 154 valence electrons. The fourth-order valence-corrected chi connectivity index (χ4v) is 3.42. The number of methoxy groups -OCH3 is 1. The zero-order valence-electron chi connectivity index (χ0n) is 15.8. The molecule has 8 heteroatoms. The van der Waals surface area contributed by atoms with E-state index < -0.39 is 24.0 Å². The molecule has 0 aliphatic heterocycles. The van der Waals surface area contributed by atoms with Crippen molar-refractivity contribution in [2.24, 2.45) is 5.92 Å². The Morgan fingerprint density at radius 2 is 1.90 bits per heavy atom. The van der Waals surface area contributed by atoms with Crippen molar-refractivity contribution in [3.05, 3.63) is 70.3 Å². The largest absolute Gasteiger partial charge is 0.497 e. The van der Waals surface area contributed by atoms with E-state index in [0.29, 0.717) is 16.6 Å². The molecule has 0 saturated carbocycles. The van der Waals surface area contributed by atoms with Crippen LogP contribution < -0.4 is 15.6 Å². The molecule has 29 heavy (non-hydrogen) atoms. The number of ether oxygens (including phenoxy) is 1. The Hall–Kier alpha value is -3.03. The number of rotatable bonds is 6. The summed E-state index contributed by atoms with van der Waals surface area (Å²) < 4.78 is 61.0. The van der Waals surface area contributed by atoms with Gasteiger partial charge in [0.1, 0.15) is 11.6 Å². The highest BCUT2D eigenvalue weighted by Gasteiger charge is 2.45. The predicted octanol–water partition coefficient (Wildman–Crippen LogP) is 5.42. The van der Waals surface area contributed by atoms with Crippen LogP contribution in [-0.4, -0.2) is 18.3 Å². The van der Waals surface area contributed by atoms with Gasteiger partial charge in [-0.05, 0) is 30.7 Å². The maximum atomic E-state index is 14.7. The molecular weight excluding hydrogens is 388 g/mol. The van der Waals surface area contributed by atoms with E-state index in [1.54, 1.807) is 18.2 Å². The number of nitrogens with one attached hydrogen (secondary N) is 2. The number of halogens is 4. The van der Waals surface area contributed by atoms with E-state index in [0.717, 1.165) is 6.07 Å². The summed E-state index contributed by atoms with van der Waals surface area (Å²) in [5.74, 6) is -2.41. The monoisotopic (exact) mass is 408 g/mol. The van der Waals surface area contributed by atoms with Crippen LogP contribution in [0.25, 0.3) is 10.9 Å². The van der Waals surface area contributed by atoms with Crippen molar-refractivity contribution < 1.29 is 22.3 Å². The van der Waals surface area contributed by atoms with E-state index in [2.05, 4.69) is 10.3 Å². The lowest BCUT2D eigenvalue weighted by Crippen LogP contribution is -2.33. The van der Waals surface area contributed by atoms with Crippen molar-refractivity contribution >= 4 is 16.6 Å². The number of anilines is 1. The highest BCUT2D eigenvalue weighted by Crippen LogP contribution is 2.42. The molecule has 0 amide bonds. The van der Waals surface area contributed by atoms with Crippen LogP contribution in [0.1, 0.15) is 24.9 Å². The smallest absolute Gasteiger partial charge is 0.394 e. The van der Waals surface area contributed by atoms with Crippen molar-refractivity contribution in [3.63, 3.8) is 0 Å². The van der Waals surface area contributed by atoms with Gasteiger partial charge in [0.05, 0.1) is 24.6 Å². The molecule has 0 fully saturated rings. The van der Waals surface area contributed by atoms with Gasteiger partial charge in [0, 0.05) is 28.8 Å². The molecule has 3 aromatic rings. The number of H-pyrrole nitrogens is 1. The van der Waals surface area contributed by atoms with Crippen LogP contribution in [0.2, 0.25) is 0 Å². The van der Waals surface area contributed by atoms with Crippen LogP contribution >= 0.6 is 0 Å². The van der Waals surface area contributed by atoms with Crippen LogP contribution in [0, 0.1) is 11.7 Å². The number of benzene rings is 2. The molecular formula is C21H20F4N2O2. The predicted molar refractivity (Wildman–Crippen MR) is 104 cm³/mol. The lowest BCUT2D eigenvalue weighted by atomic mass is 9.89. The normalized spacial score (nSPS) is 13.9. The highest BCUT2D eigenvalue weighted by atomic mass is 19.4. The standard InChI is InChI=1S/C21H20F4N2O2/c1-3-15(21(23,24)25)20(13-8-7-12(29-2)11-16(13)22)27-18-6-4-5-17-14(18)9-10-19(28)26-17/h4-11,15,20,27H,3H2,1-2H3,(H,26,28). The molecule has 1 heterocycles. The summed E-state index contributed by atoms with van der Waals surface area (Å²) in [7, 11) is 1.35. The van der Waals surface area contributed by atoms with Crippen LogP contribution in [0.15, 0.2) is 53.3 Å². The van der Waals surface area contributed by atoms with Gasteiger partial charge < -0.3 is 15.0 Å². The average molecular weight is 408 g/mol. The first-order chi connectivity index (χ1) is 13.7. The second kappa shape index (κ2) is 8.14. The summed E-state index contributed by atoms with van der Waals surface area (Å²) in [5.41, 5.74) is 0.392. The molecule has 2 N–H and O–H groups in total. The molecule has 2 unspecified atom stereocenters. The molecule has 4 nitrogen and oxygen atoms in total. The lowest BCUT2D eigenvalue weighted by molar-refractivity contribution is -0.180. The quantitative estimate of drug-likeness (QED) is 0.536. The average Bonchev–Trinajstić information content (AvgIpc) is 2.66. The molecule has 0 saturated heterocycles. The zero-order chi connectivity index (χ0) is 21.2. The molecule has 2 atom stereocenters. The zero-order valence-corrected chi connectivity index (χ0v) is 15.8. The minimum atomic E-state index is -4.54. The van der Waals surface area contributed by atoms with Gasteiger partial charge >= 0.3 is 6.18 Å².